The van der Waals surface area contributed by atoms with E-state index in [1.165, 1.54) is 0 Å². The summed E-state index contributed by atoms with van der Waals surface area (Å²) in [6.07, 6.45) is 2.56. The van der Waals surface area contributed by atoms with Crippen molar-refractivity contribution in [1.29, 1.82) is 0 Å². The van der Waals surface area contributed by atoms with Gasteiger partial charge in [-0.3, -0.25) is 4.79 Å². The number of hydrogen-bond acceptors (Lipinski definition) is 3. The van der Waals surface area contributed by atoms with E-state index in [4.69, 9.17) is 4.74 Å². The monoisotopic (exact) mass is 272 g/mol. The number of hydrogen-bond donors (Lipinski definition) is 2. The number of nitrogens with one attached hydrogen (secondary N) is 2. The first-order chi connectivity index (χ1) is 9.74. The molecule has 1 atom stereocenters. The molecule has 2 heterocycles. The molecule has 0 amide bonds. The molecule has 2 N–H and O–H groups in total. The van der Waals surface area contributed by atoms with E-state index in [2.05, 4.69) is 10.3 Å². The molecule has 0 unspecified atom stereocenters. The number of rotatable bonds is 4. The topological polar surface area (TPSA) is 54.1 Å². The van der Waals surface area contributed by atoms with Crippen molar-refractivity contribution in [3.05, 3.63) is 45.7 Å². The Morgan fingerprint density at radius 3 is 3.15 bits per heavy atom. The maximum atomic E-state index is 12.1. The van der Waals surface area contributed by atoms with Crippen LogP contribution in [0, 0.1) is 6.92 Å². The Balaban J connectivity index is 1.74. The largest absolute Gasteiger partial charge is 0.377 e. The maximum absolute atomic E-state index is 12.1. The zero-order valence-corrected chi connectivity index (χ0v) is 11.7. The Hall–Kier alpha value is -1.65. The third-order valence-corrected chi connectivity index (χ3v) is 3.88. The third-order valence-electron chi connectivity index (χ3n) is 3.88. The van der Waals surface area contributed by atoms with Crippen LogP contribution in [0.4, 0.5) is 0 Å². The van der Waals surface area contributed by atoms with Gasteiger partial charge in [-0.25, -0.2) is 0 Å². The SMILES string of the molecule is Cc1cccc2cc(CNC[C@@H]3CCCO3)c(=O)[nH]c12. The van der Waals surface area contributed by atoms with Crippen molar-refractivity contribution in [1.82, 2.24) is 10.3 Å². The second-order valence-electron chi connectivity index (χ2n) is 5.43. The number of aromatic amines is 1. The Morgan fingerprint density at radius 1 is 1.45 bits per heavy atom. The number of ether oxygens (including phenoxy) is 1. The fourth-order valence-electron chi connectivity index (χ4n) is 2.73. The average Bonchev–Trinajstić information content (AvgIpc) is 2.94. The molecule has 0 bridgehead atoms. The highest BCUT2D eigenvalue weighted by atomic mass is 16.5. The average molecular weight is 272 g/mol. The summed E-state index contributed by atoms with van der Waals surface area (Å²) in [5.74, 6) is 0. The lowest BCUT2D eigenvalue weighted by atomic mass is 10.1. The van der Waals surface area contributed by atoms with Crippen LogP contribution >= 0.6 is 0 Å². The van der Waals surface area contributed by atoms with E-state index >= 15 is 0 Å². The van der Waals surface area contributed by atoms with Gasteiger partial charge in [-0.1, -0.05) is 18.2 Å². The minimum atomic E-state index is -0.00774. The van der Waals surface area contributed by atoms with Crippen molar-refractivity contribution in [2.75, 3.05) is 13.2 Å². The van der Waals surface area contributed by atoms with Gasteiger partial charge in [-0.05, 0) is 36.8 Å². The molecule has 1 saturated heterocycles. The molecule has 2 aromatic rings. The molecular weight excluding hydrogens is 252 g/mol. The first kappa shape index (κ1) is 13.3. The van der Waals surface area contributed by atoms with Gasteiger partial charge in [0.1, 0.15) is 0 Å². The second-order valence-corrected chi connectivity index (χ2v) is 5.43. The molecule has 1 aromatic carbocycles. The van der Waals surface area contributed by atoms with Crippen LogP contribution in [-0.2, 0) is 11.3 Å². The zero-order chi connectivity index (χ0) is 13.9. The van der Waals surface area contributed by atoms with E-state index in [1.807, 2.05) is 31.2 Å². The number of pyridine rings is 1. The fraction of sp³-hybridized carbons (Fsp3) is 0.438. The van der Waals surface area contributed by atoms with Gasteiger partial charge in [0.05, 0.1) is 11.6 Å². The van der Waals surface area contributed by atoms with Gasteiger partial charge in [0.25, 0.3) is 5.56 Å². The Morgan fingerprint density at radius 2 is 2.35 bits per heavy atom. The summed E-state index contributed by atoms with van der Waals surface area (Å²) in [7, 11) is 0. The van der Waals surface area contributed by atoms with Crippen LogP contribution < -0.4 is 10.9 Å². The number of H-pyrrole nitrogens is 1. The van der Waals surface area contributed by atoms with Crippen LogP contribution in [0.2, 0.25) is 0 Å². The maximum Gasteiger partial charge on any atom is 0.252 e. The summed E-state index contributed by atoms with van der Waals surface area (Å²) < 4.78 is 5.56. The zero-order valence-electron chi connectivity index (χ0n) is 11.7. The molecular formula is C16H20N2O2. The van der Waals surface area contributed by atoms with E-state index in [1.54, 1.807) is 0 Å². The first-order valence-electron chi connectivity index (χ1n) is 7.18. The molecule has 4 nitrogen and oxygen atoms in total. The molecule has 1 aliphatic rings. The van der Waals surface area contributed by atoms with Crippen molar-refractivity contribution < 1.29 is 4.74 Å². The molecule has 0 spiro atoms. The lowest BCUT2D eigenvalue weighted by molar-refractivity contribution is 0.110. The summed E-state index contributed by atoms with van der Waals surface area (Å²) in [4.78, 5) is 15.1. The van der Waals surface area contributed by atoms with Crippen LogP contribution in [0.1, 0.15) is 24.0 Å². The van der Waals surface area contributed by atoms with Crippen molar-refractivity contribution in [3.63, 3.8) is 0 Å². The molecule has 3 rings (SSSR count). The Bertz CT molecular complexity index is 657. The molecule has 1 aromatic heterocycles. The molecule has 0 saturated carbocycles. The van der Waals surface area contributed by atoms with Gasteiger partial charge in [0, 0.05) is 25.3 Å². The Kier molecular flexibility index (Phi) is 3.85. The molecule has 0 aliphatic carbocycles. The predicted molar refractivity (Wildman–Crippen MR) is 80.0 cm³/mol. The first-order valence-corrected chi connectivity index (χ1v) is 7.18. The standard InChI is InChI=1S/C16H20N2O2/c1-11-4-2-5-12-8-13(16(19)18-15(11)12)9-17-10-14-6-3-7-20-14/h2,4-5,8,14,17H,3,6-7,9-10H2,1H3,(H,18,19)/t14-/m0/s1. The van der Waals surface area contributed by atoms with Gasteiger partial charge in [-0.2, -0.15) is 0 Å². The molecule has 1 aliphatic heterocycles. The number of benzene rings is 1. The van der Waals surface area contributed by atoms with Crippen molar-refractivity contribution >= 4 is 10.9 Å². The fourth-order valence-corrected chi connectivity index (χ4v) is 2.73. The smallest absolute Gasteiger partial charge is 0.252 e. The number of para-hydroxylation sites is 1. The number of aryl methyl sites for hydroxylation is 1. The third kappa shape index (κ3) is 2.76. The van der Waals surface area contributed by atoms with Gasteiger partial charge >= 0.3 is 0 Å². The Labute approximate surface area is 118 Å². The van der Waals surface area contributed by atoms with E-state index < -0.39 is 0 Å². The highest BCUT2D eigenvalue weighted by Crippen LogP contribution is 2.15. The second kappa shape index (κ2) is 5.77. The highest BCUT2D eigenvalue weighted by molar-refractivity contribution is 5.81. The van der Waals surface area contributed by atoms with Crippen molar-refractivity contribution in [3.8, 4) is 0 Å². The van der Waals surface area contributed by atoms with Gasteiger partial charge in [0.15, 0.2) is 0 Å². The molecule has 1 fully saturated rings. The highest BCUT2D eigenvalue weighted by Gasteiger charge is 2.14. The predicted octanol–water partition coefficient (Wildman–Crippen LogP) is 2.11. The van der Waals surface area contributed by atoms with Crippen LogP contribution in [0.15, 0.2) is 29.1 Å². The van der Waals surface area contributed by atoms with E-state index in [0.29, 0.717) is 12.6 Å². The van der Waals surface area contributed by atoms with Crippen LogP contribution in [0.3, 0.4) is 0 Å². The minimum Gasteiger partial charge on any atom is -0.377 e. The molecule has 4 heteroatoms. The van der Waals surface area contributed by atoms with Crippen LogP contribution in [0.5, 0.6) is 0 Å². The molecule has 106 valence electrons. The van der Waals surface area contributed by atoms with Gasteiger partial charge in [0.2, 0.25) is 0 Å². The summed E-state index contributed by atoms with van der Waals surface area (Å²) >= 11 is 0. The van der Waals surface area contributed by atoms with Crippen LogP contribution in [0.25, 0.3) is 10.9 Å². The van der Waals surface area contributed by atoms with Gasteiger partial charge in [-0.15, -0.1) is 0 Å². The minimum absolute atomic E-state index is 0.00774. The van der Waals surface area contributed by atoms with Crippen molar-refractivity contribution in [2.45, 2.75) is 32.4 Å². The summed E-state index contributed by atoms with van der Waals surface area (Å²) in [6, 6.07) is 8.03. The number of fused-ring (bicyclic) bond motifs is 1. The van der Waals surface area contributed by atoms with Gasteiger partial charge < -0.3 is 15.0 Å². The molecule has 20 heavy (non-hydrogen) atoms. The lowest BCUT2D eigenvalue weighted by Crippen LogP contribution is -2.28. The van der Waals surface area contributed by atoms with E-state index in [-0.39, 0.29) is 5.56 Å². The van der Waals surface area contributed by atoms with Crippen molar-refractivity contribution in [2.24, 2.45) is 0 Å². The quantitative estimate of drug-likeness (QED) is 0.896. The number of aromatic nitrogens is 1. The normalized spacial score (nSPS) is 18.8. The van der Waals surface area contributed by atoms with E-state index in [0.717, 1.165) is 48.0 Å². The molecule has 0 radical (unpaired) electrons. The van der Waals surface area contributed by atoms with Crippen LogP contribution in [-0.4, -0.2) is 24.2 Å². The summed E-state index contributed by atoms with van der Waals surface area (Å²) in [5.41, 5.74) is 2.80. The lowest BCUT2D eigenvalue weighted by Gasteiger charge is -2.11. The summed E-state index contributed by atoms with van der Waals surface area (Å²) in [5, 5.41) is 4.40. The summed E-state index contributed by atoms with van der Waals surface area (Å²) in [6.45, 7) is 4.26. The van der Waals surface area contributed by atoms with E-state index in [9.17, 15) is 4.79 Å².